The van der Waals surface area contributed by atoms with Gasteiger partial charge in [0.05, 0.1) is 0 Å². The van der Waals surface area contributed by atoms with Crippen molar-refractivity contribution in [3.8, 4) is 0 Å². The van der Waals surface area contributed by atoms with E-state index in [1.807, 2.05) is 6.07 Å². The van der Waals surface area contributed by atoms with E-state index in [1.54, 1.807) is 13.0 Å². The van der Waals surface area contributed by atoms with Crippen molar-refractivity contribution in [2.45, 2.75) is 26.2 Å². The zero-order valence-electron chi connectivity index (χ0n) is 8.89. The number of hydrogen-bond acceptors (Lipinski definition) is 2. The summed E-state index contributed by atoms with van der Waals surface area (Å²) >= 11 is 0. The number of nitrogens with one attached hydrogen (secondary N) is 1. The molecule has 0 spiro atoms. The second kappa shape index (κ2) is 4.43. The molecular weight excluding hydrogens is 191 g/mol. The molecule has 0 atom stereocenters. The highest BCUT2D eigenvalue weighted by molar-refractivity contribution is 5.95. The van der Waals surface area contributed by atoms with Crippen LogP contribution in [0.15, 0.2) is 23.2 Å². The molecular formula is C12H15FN2. The first kappa shape index (κ1) is 10.1. The van der Waals surface area contributed by atoms with Crippen molar-refractivity contribution in [3.63, 3.8) is 0 Å². The van der Waals surface area contributed by atoms with Crippen LogP contribution in [0.1, 0.15) is 24.8 Å². The topological polar surface area (TPSA) is 24.4 Å². The Kier molecular flexibility index (Phi) is 2.99. The van der Waals surface area contributed by atoms with E-state index in [-0.39, 0.29) is 5.82 Å². The number of halogens is 1. The van der Waals surface area contributed by atoms with Gasteiger partial charge in [-0.25, -0.2) is 4.39 Å². The average molecular weight is 206 g/mol. The Bertz CT molecular complexity index is 385. The summed E-state index contributed by atoms with van der Waals surface area (Å²) in [5.41, 5.74) is 1.59. The third-order valence-electron chi connectivity index (χ3n) is 2.57. The van der Waals surface area contributed by atoms with Gasteiger partial charge in [-0.2, -0.15) is 0 Å². The zero-order chi connectivity index (χ0) is 10.7. The van der Waals surface area contributed by atoms with Crippen molar-refractivity contribution in [1.29, 1.82) is 0 Å². The van der Waals surface area contributed by atoms with E-state index in [1.165, 1.54) is 18.9 Å². The summed E-state index contributed by atoms with van der Waals surface area (Å²) in [6, 6.07) is 5.05. The molecule has 1 aliphatic rings. The molecule has 2 rings (SSSR count). The molecule has 1 aliphatic heterocycles. The molecule has 0 amide bonds. The SMILES string of the molecule is Cc1cc(NC2=NCCCC2)ccc1F. The van der Waals surface area contributed by atoms with Gasteiger partial charge in [-0.05, 0) is 43.5 Å². The molecule has 0 saturated heterocycles. The van der Waals surface area contributed by atoms with E-state index >= 15 is 0 Å². The van der Waals surface area contributed by atoms with Crippen LogP contribution in [0.4, 0.5) is 10.1 Å². The average Bonchev–Trinajstić information content (AvgIpc) is 2.25. The lowest BCUT2D eigenvalue weighted by Crippen LogP contribution is -2.16. The Balaban J connectivity index is 2.10. The highest BCUT2D eigenvalue weighted by Crippen LogP contribution is 2.15. The van der Waals surface area contributed by atoms with Crippen LogP contribution in [0.25, 0.3) is 0 Å². The van der Waals surface area contributed by atoms with Crippen LogP contribution in [0.2, 0.25) is 0 Å². The molecule has 3 heteroatoms. The molecule has 0 aromatic heterocycles. The standard InChI is InChI=1S/C12H15FN2/c1-9-8-10(5-6-11(9)13)15-12-4-2-3-7-14-12/h5-6,8H,2-4,7H2,1H3,(H,14,15). The van der Waals surface area contributed by atoms with E-state index in [2.05, 4.69) is 10.3 Å². The molecule has 0 radical (unpaired) electrons. The normalized spacial score (nSPS) is 16.0. The van der Waals surface area contributed by atoms with E-state index in [9.17, 15) is 4.39 Å². The number of benzene rings is 1. The van der Waals surface area contributed by atoms with Crippen molar-refractivity contribution in [3.05, 3.63) is 29.6 Å². The highest BCUT2D eigenvalue weighted by Gasteiger charge is 2.05. The van der Waals surface area contributed by atoms with Crippen LogP contribution < -0.4 is 5.32 Å². The van der Waals surface area contributed by atoms with E-state index in [4.69, 9.17) is 0 Å². The second-order valence-corrected chi connectivity index (χ2v) is 3.87. The molecule has 80 valence electrons. The summed E-state index contributed by atoms with van der Waals surface area (Å²) in [4.78, 5) is 4.39. The zero-order valence-corrected chi connectivity index (χ0v) is 8.89. The Labute approximate surface area is 89.2 Å². The number of aliphatic imine (C=N–C) groups is 1. The van der Waals surface area contributed by atoms with Crippen molar-refractivity contribution < 1.29 is 4.39 Å². The third kappa shape index (κ3) is 2.55. The first-order valence-corrected chi connectivity index (χ1v) is 5.32. The Morgan fingerprint density at radius 3 is 2.87 bits per heavy atom. The first-order valence-electron chi connectivity index (χ1n) is 5.32. The Morgan fingerprint density at radius 1 is 1.33 bits per heavy atom. The van der Waals surface area contributed by atoms with Gasteiger partial charge in [0.2, 0.25) is 0 Å². The summed E-state index contributed by atoms with van der Waals surface area (Å²) in [6.45, 7) is 2.67. The van der Waals surface area contributed by atoms with Gasteiger partial charge in [0.15, 0.2) is 0 Å². The van der Waals surface area contributed by atoms with Crippen molar-refractivity contribution in [2.24, 2.45) is 4.99 Å². The van der Waals surface area contributed by atoms with Crippen molar-refractivity contribution >= 4 is 11.5 Å². The summed E-state index contributed by atoms with van der Waals surface area (Å²) in [7, 11) is 0. The fourth-order valence-corrected chi connectivity index (χ4v) is 1.69. The molecule has 1 N–H and O–H groups in total. The fraction of sp³-hybridized carbons (Fsp3) is 0.417. The number of aryl methyl sites for hydroxylation is 1. The molecule has 0 saturated carbocycles. The summed E-state index contributed by atoms with van der Waals surface area (Å²) in [6.07, 6.45) is 3.36. The van der Waals surface area contributed by atoms with Gasteiger partial charge in [-0.3, -0.25) is 4.99 Å². The highest BCUT2D eigenvalue weighted by atomic mass is 19.1. The Hall–Kier alpha value is -1.38. The van der Waals surface area contributed by atoms with Gasteiger partial charge in [0.1, 0.15) is 11.7 Å². The molecule has 1 aromatic carbocycles. The van der Waals surface area contributed by atoms with Crippen LogP contribution in [0.3, 0.4) is 0 Å². The lowest BCUT2D eigenvalue weighted by atomic mass is 10.1. The van der Waals surface area contributed by atoms with Crippen molar-refractivity contribution in [1.82, 2.24) is 0 Å². The number of hydrogen-bond donors (Lipinski definition) is 1. The number of rotatable bonds is 1. The predicted molar refractivity (Wildman–Crippen MR) is 60.9 cm³/mol. The number of amidine groups is 1. The lowest BCUT2D eigenvalue weighted by Gasteiger charge is -2.14. The molecule has 0 fully saturated rings. The quantitative estimate of drug-likeness (QED) is 0.750. The fourth-order valence-electron chi connectivity index (χ4n) is 1.69. The van der Waals surface area contributed by atoms with E-state index < -0.39 is 0 Å². The van der Waals surface area contributed by atoms with Gasteiger partial charge in [-0.1, -0.05) is 0 Å². The van der Waals surface area contributed by atoms with Gasteiger partial charge >= 0.3 is 0 Å². The minimum atomic E-state index is -0.161. The maximum atomic E-state index is 13.0. The number of nitrogens with zero attached hydrogens (tertiary/aromatic N) is 1. The minimum Gasteiger partial charge on any atom is -0.344 e. The van der Waals surface area contributed by atoms with Crippen LogP contribution in [0, 0.1) is 12.7 Å². The van der Waals surface area contributed by atoms with Crippen LogP contribution in [-0.2, 0) is 0 Å². The molecule has 0 aliphatic carbocycles. The van der Waals surface area contributed by atoms with Crippen molar-refractivity contribution in [2.75, 3.05) is 11.9 Å². The Morgan fingerprint density at radius 2 is 2.20 bits per heavy atom. The van der Waals surface area contributed by atoms with Crippen LogP contribution in [-0.4, -0.2) is 12.4 Å². The molecule has 1 heterocycles. The van der Waals surface area contributed by atoms with E-state index in [0.29, 0.717) is 5.56 Å². The van der Waals surface area contributed by atoms with Crippen LogP contribution in [0.5, 0.6) is 0 Å². The van der Waals surface area contributed by atoms with Crippen LogP contribution >= 0.6 is 0 Å². The molecule has 0 unspecified atom stereocenters. The van der Waals surface area contributed by atoms with Gasteiger partial charge in [0.25, 0.3) is 0 Å². The second-order valence-electron chi connectivity index (χ2n) is 3.87. The molecule has 2 nitrogen and oxygen atoms in total. The molecule has 1 aromatic rings. The predicted octanol–water partition coefficient (Wildman–Crippen LogP) is 3.13. The smallest absolute Gasteiger partial charge is 0.126 e. The summed E-state index contributed by atoms with van der Waals surface area (Å²) < 4.78 is 13.0. The summed E-state index contributed by atoms with van der Waals surface area (Å²) in [5, 5.41) is 3.23. The first-order chi connectivity index (χ1) is 7.25. The summed E-state index contributed by atoms with van der Waals surface area (Å²) in [5.74, 6) is 0.860. The number of anilines is 1. The van der Waals surface area contributed by atoms with Gasteiger partial charge in [-0.15, -0.1) is 0 Å². The van der Waals surface area contributed by atoms with Gasteiger partial charge < -0.3 is 5.32 Å². The molecule has 0 bridgehead atoms. The third-order valence-corrected chi connectivity index (χ3v) is 2.57. The van der Waals surface area contributed by atoms with E-state index in [0.717, 1.165) is 24.5 Å². The lowest BCUT2D eigenvalue weighted by molar-refractivity contribution is 0.619. The monoisotopic (exact) mass is 206 g/mol. The maximum absolute atomic E-state index is 13.0. The maximum Gasteiger partial charge on any atom is 0.126 e. The largest absolute Gasteiger partial charge is 0.344 e. The molecule has 15 heavy (non-hydrogen) atoms. The minimum absolute atomic E-state index is 0.161. The van der Waals surface area contributed by atoms with Gasteiger partial charge in [0, 0.05) is 18.7 Å².